The van der Waals surface area contributed by atoms with E-state index in [1.165, 1.54) is 18.2 Å². The predicted molar refractivity (Wildman–Crippen MR) is 62.1 cm³/mol. The van der Waals surface area contributed by atoms with Gasteiger partial charge in [0.05, 0.1) is 5.69 Å². The molecule has 0 spiro atoms. The summed E-state index contributed by atoms with van der Waals surface area (Å²) < 4.78 is 18.4. The smallest absolute Gasteiger partial charge is 0.261 e. The summed E-state index contributed by atoms with van der Waals surface area (Å²) >= 11 is 0. The standard InChI is InChI=1S/C12H15FN2O2/c13-8-4-5-10(9(14)7-8)17-11-3-1-2-6-15-12(11)16/h4-5,7,11H,1-3,6,14H2,(H,15,16). The molecule has 0 aromatic heterocycles. The maximum absolute atomic E-state index is 12.9. The Kier molecular flexibility index (Phi) is 3.46. The first-order chi connectivity index (χ1) is 8.16. The molecule has 1 saturated heterocycles. The molecular weight excluding hydrogens is 223 g/mol. The fourth-order valence-corrected chi connectivity index (χ4v) is 1.80. The van der Waals surface area contributed by atoms with Gasteiger partial charge >= 0.3 is 0 Å². The Balaban J connectivity index is 2.10. The molecule has 1 heterocycles. The Morgan fingerprint density at radius 1 is 1.41 bits per heavy atom. The lowest BCUT2D eigenvalue weighted by Crippen LogP contribution is -2.36. The number of nitrogens with two attached hydrogens (primary N) is 1. The number of nitrogen functional groups attached to an aromatic ring is 1. The van der Waals surface area contributed by atoms with E-state index >= 15 is 0 Å². The number of nitrogens with one attached hydrogen (secondary N) is 1. The van der Waals surface area contributed by atoms with E-state index < -0.39 is 11.9 Å². The molecule has 1 aromatic rings. The van der Waals surface area contributed by atoms with E-state index in [1.54, 1.807) is 0 Å². The highest BCUT2D eigenvalue weighted by atomic mass is 19.1. The van der Waals surface area contributed by atoms with Crippen LogP contribution in [0.15, 0.2) is 18.2 Å². The number of rotatable bonds is 2. The maximum Gasteiger partial charge on any atom is 0.261 e. The second-order valence-electron chi connectivity index (χ2n) is 4.08. The fourth-order valence-electron chi connectivity index (χ4n) is 1.80. The molecule has 1 fully saturated rings. The third kappa shape index (κ3) is 2.87. The Labute approximate surface area is 98.9 Å². The Hall–Kier alpha value is -1.78. The third-order valence-electron chi connectivity index (χ3n) is 2.73. The van der Waals surface area contributed by atoms with Gasteiger partial charge in [0, 0.05) is 12.6 Å². The van der Waals surface area contributed by atoms with Crippen LogP contribution >= 0.6 is 0 Å². The van der Waals surface area contributed by atoms with Gasteiger partial charge in [-0.3, -0.25) is 4.79 Å². The van der Waals surface area contributed by atoms with Gasteiger partial charge in [-0.15, -0.1) is 0 Å². The van der Waals surface area contributed by atoms with Crippen molar-refractivity contribution < 1.29 is 13.9 Å². The van der Waals surface area contributed by atoms with Gasteiger partial charge in [0.1, 0.15) is 11.6 Å². The van der Waals surface area contributed by atoms with Crippen LogP contribution in [0.4, 0.5) is 10.1 Å². The van der Waals surface area contributed by atoms with E-state index in [-0.39, 0.29) is 11.6 Å². The zero-order valence-electron chi connectivity index (χ0n) is 9.41. The molecule has 0 aliphatic carbocycles. The molecule has 0 saturated carbocycles. The highest BCUT2D eigenvalue weighted by Gasteiger charge is 2.22. The van der Waals surface area contributed by atoms with Gasteiger partial charge in [0.2, 0.25) is 0 Å². The topological polar surface area (TPSA) is 64.3 Å². The van der Waals surface area contributed by atoms with Crippen LogP contribution in [0.5, 0.6) is 5.75 Å². The van der Waals surface area contributed by atoms with E-state index in [0.717, 1.165) is 12.8 Å². The molecule has 1 aromatic carbocycles. The van der Waals surface area contributed by atoms with Gasteiger partial charge in [-0.25, -0.2) is 4.39 Å². The van der Waals surface area contributed by atoms with Crippen molar-refractivity contribution in [3.8, 4) is 5.75 Å². The highest BCUT2D eigenvalue weighted by molar-refractivity contribution is 5.81. The molecular formula is C12H15FN2O2. The molecule has 1 unspecified atom stereocenters. The number of halogens is 1. The summed E-state index contributed by atoms with van der Waals surface area (Å²) in [6, 6.07) is 3.90. The minimum absolute atomic E-state index is 0.133. The van der Waals surface area contributed by atoms with Crippen molar-refractivity contribution in [2.75, 3.05) is 12.3 Å². The minimum Gasteiger partial charge on any atom is -0.478 e. The first-order valence-corrected chi connectivity index (χ1v) is 5.66. The van der Waals surface area contributed by atoms with Crippen LogP contribution in [0.3, 0.4) is 0 Å². The SMILES string of the molecule is Nc1cc(F)ccc1OC1CCCCNC1=O. The van der Waals surface area contributed by atoms with Gasteiger partial charge in [0.15, 0.2) is 6.10 Å². The fraction of sp³-hybridized carbons (Fsp3) is 0.417. The van der Waals surface area contributed by atoms with Crippen LogP contribution in [-0.4, -0.2) is 18.6 Å². The number of carbonyl (C=O) groups excluding carboxylic acids is 1. The van der Waals surface area contributed by atoms with Crippen LogP contribution in [-0.2, 0) is 4.79 Å². The largest absolute Gasteiger partial charge is 0.478 e. The number of hydrogen-bond acceptors (Lipinski definition) is 3. The molecule has 0 radical (unpaired) electrons. The lowest BCUT2D eigenvalue weighted by Gasteiger charge is -2.17. The number of amides is 1. The summed E-state index contributed by atoms with van der Waals surface area (Å²) in [5.74, 6) is -0.195. The zero-order valence-corrected chi connectivity index (χ0v) is 9.41. The second kappa shape index (κ2) is 5.03. The average molecular weight is 238 g/mol. The zero-order chi connectivity index (χ0) is 12.3. The average Bonchev–Trinajstić information content (AvgIpc) is 2.48. The summed E-state index contributed by atoms with van der Waals surface area (Å²) in [7, 11) is 0. The van der Waals surface area contributed by atoms with E-state index in [2.05, 4.69) is 5.32 Å². The van der Waals surface area contributed by atoms with Crippen molar-refractivity contribution in [1.29, 1.82) is 0 Å². The van der Waals surface area contributed by atoms with Gasteiger partial charge in [-0.1, -0.05) is 0 Å². The lowest BCUT2D eigenvalue weighted by atomic mass is 10.2. The number of anilines is 1. The molecule has 1 aliphatic rings. The number of ether oxygens (including phenoxy) is 1. The minimum atomic E-state index is -0.537. The van der Waals surface area contributed by atoms with Gasteiger partial charge < -0.3 is 15.8 Å². The number of carbonyl (C=O) groups is 1. The molecule has 1 aliphatic heterocycles. The second-order valence-corrected chi connectivity index (χ2v) is 4.08. The van der Waals surface area contributed by atoms with Gasteiger partial charge in [-0.05, 0) is 31.4 Å². The maximum atomic E-state index is 12.9. The van der Waals surface area contributed by atoms with Crippen molar-refractivity contribution in [2.24, 2.45) is 0 Å². The first-order valence-electron chi connectivity index (χ1n) is 5.66. The molecule has 4 nitrogen and oxygen atoms in total. The molecule has 5 heteroatoms. The monoisotopic (exact) mass is 238 g/mol. The van der Waals surface area contributed by atoms with E-state index in [0.29, 0.717) is 18.7 Å². The van der Waals surface area contributed by atoms with E-state index in [4.69, 9.17) is 10.5 Å². The van der Waals surface area contributed by atoms with Crippen molar-refractivity contribution in [2.45, 2.75) is 25.4 Å². The first kappa shape index (κ1) is 11.7. The summed E-state index contributed by atoms with van der Waals surface area (Å²) in [4.78, 5) is 11.6. The Morgan fingerprint density at radius 3 is 3.00 bits per heavy atom. The molecule has 1 atom stereocenters. The van der Waals surface area contributed by atoms with Crippen LogP contribution in [0.2, 0.25) is 0 Å². The van der Waals surface area contributed by atoms with Crippen LogP contribution in [0.25, 0.3) is 0 Å². The Bertz CT molecular complexity index is 423. The molecule has 92 valence electrons. The lowest BCUT2D eigenvalue weighted by molar-refractivity contribution is -0.127. The number of hydrogen-bond donors (Lipinski definition) is 2. The van der Waals surface area contributed by atoms with Crippen LogP contribution in [0.1, 0.15) is 19.3 Å². The summed E-state index contributed by atoms with van der Waals surface area (Å²) in [5, 5.41) is 2.77. The molecule has 0 bridgehead atoms. The van der Waals surface area contributed by atoms with Crippen LogP contribution in [0, 0.1) is 5.82 Å². The van der Waals surface area contributed by atoms with Crippen molar-refractivity contribution in [3.63, 3.8) is 0 Å². The molecule has 17 heavy (non-hydrogen) atoms. The third-order valence-corrected chi connectivity index (χ3v) is 2.73. The highest BCUT2D eigenvalue weighted by Crippen LogP contribution is 2.24. The summed E-state index contributed by atoms with van der Waals surface area (Å²) in [5.41, 5.74) is 5.84. The molecule has 1 amide bonds. The van der Waals surface area contributed by atoms with Crippen LogP contribution < -0.4 is 15.8 Å². The van der Waals surface area contributed by atoms with Crippen molar-refractivity contribution in [1.82, 2.24) is 5.32 Å². The normalized spacial score (nSPS) is 20.5. The van der Waals surface area contributed by atoms with Crippen molar-refractivity contribution in [3.05, 3.63) is 24.0 Å². The van der Waals surface area contributed by atoms with Crippen molar-refractivity contribution >= 4 is 11.6 Å². The number of benzene rings is 1. The molecule has 3 N–H and O–H groups in total. The Morgan fingerprint density at radius 2 is 2.24 bits per heavy atom. The summed E-state index contributed by atoms with van der Waals surface area (Å²) in [6.07, 6.45) is 1.99. The molecule has 2 rings (SSSR count). The predicted octanol–water partition coefficient (Wildman–Crippen LogP) is 1.46. The van der Waals surface area contributed by atoms with E-state index in [1.807, 2.05) is 0 Å². The summed E-state index contributed by atoms with van der Waals surface area (Å²) in [6.45, 7) is 0.678. The van der Waals surface area contributed by atoms with Gasteiger partial charge in [-0.2, -0.15) is 0 Å². The van der Waals surface area contributed by atoms with Gasteiger partial charge in [0.25, 0.3) is 5.91 Å². The van der Waals surface area contributed by atoms with E-state index in [9.17, 15) is 9.18 Å². The quantitative estimate of drug-likeness (QED) is 0.766.